The first kappa shape index (κ1) is 15.6. The number of hydrogen-bond donors (Lipinski definition) is 0. The first-order valence-electron chi connectivity index (χ1n) is 8.09. The fourth-order valence-corrected chi connectivity index (χ4v) is 2.59. The molecule has 0 atom stereocenters. The summed E-state index contributed by atoms with van der Waals surface area (Å²) in [4.78, 5) is 18.1. The van der Waals surface area contributed by atoms with Gasteiger partial charge in [-0.3, -0.25) is 9.69 Å². The van der Waals surface area contributed by atoms with Gasteiger partial charge in [0.05, 0.1) is 6.20 Å². The predicted molar refractivity (Wildman–Crippen MR) is 90.3 cm³/mol. The SMILES string of the molecule is Cc1ccc(Oc2ccc3nc(N(C)C(=O)C4CC4)cn3n2)c(F)c1. The average molecular weight is 340 g/mol. The van der Waals surface area contributed by atoms with E-state index in [1.165, 1.54) is 10.6 Å². The highest BCUT2D eigenvalue weighted by molar-refractivity contribution is 5.95. The van der Waals surface area contributed by atoms with Crippen LogP contribution in [0.25, 0.3) is 5.65 Å². The molecular formula is C18H17FN4O2. The molecule has 128 valence electrons. The monoisotopic (exact) mass is 340 g/mol. The Morgan fingerprint density at radius 1 is 1.32 bits per heavy atom. The summed E-state index contributed by atoms with van der Waals surface area (Å²) in [5, 5.41) is 4.28. The molecule has 0 radical (unpaired) electrons. The third kappa shape index (κ3) is 3.05. The van der Waals surface area contributed by atoms with Crippen LogP contribution >= 0.6 is 0 Å². The van der Waals surface area contributed by atoms with Gasteiger partial charge in [0.1, 0.15) is 0 Å². The van der Waals surface area contributed by atoms with E-state index < -0.39 is 5.82 Å². The summed E-state index contributed by atoms with van der Waals surface area (Å²) < 4.78 is 21.0. The van der Waals surface area contributed by atoms with Gasteiger partial charge >= 0.3 is 0 Å². The van der Waals surface area contributed by atoms with Gasteiger partial charge in [-0.15, -0.1) is 5.10 Å². The van der Waals surface area contributed by atoms with E-state index in [1.807, 2.05) is 6.92 Å². The molecule has 0 bridgehead atoms. The van der Waals surface area contributed by atoms with Crippen LogP contribution in [-0.2, 0) is 4.79 Å². The van der Waals surface area contributed by atoms with Crippen molar-refractivity contribution in [2.24, 2.45) is 5.92 Å². The summed E-state index contributed by atoms with van der Waals surface area (Å²) in [6, 6.07) is 8.08. The lowest BCUT2D eigenvalue weighted by atomic mass is 10.2. The van der Waals surface area contributed by atoms with Crippen molar-refractivity contribution in [2.45, 2.75) is 19.8 Å². The van der Waals surface area contributed by atoms with Gasteiger partial charge in [0.2, 0.25) is 11.8 Å². The molecule has 1 aliphatic rings. The van der Waals surface area contributed by atoms with E-state index in [4.69, 9.17) is 4.74 Å². The van der Waals surface area contributed by atoms with Crippen molar-refractivity contribution in [1.29, 1.82) is 0 Å². The maximum absolute atomic E-state index is 13.9. The number of halogens is 1. The van der Waals surface area contributed by atoms with E-state index in [2.05, 4.69) is 10.1 Å². The van der Waals surface area contributed by atoms with Gasteiger partial charge in [-0.2, -0.15) is 0 Å². The van der Waals surface area contributed by atoms with Gasteiger partial charge in [0, 0.05) is 19.0 Å². The van der Waals surface area contributed by atoms with Crippen LogP contribution in [0.3, 0.4) is 0 Å². The van der Waals surface area contributed by atoms with Crippen molar-refractivity contribution in [2.75, 3.05) is 11.9 Å². The third-order valence-electron chi connectivity index (χ3n) is 4.19. The number of hydrogen-bond acceptors (Lipinski definition) is 4. The molecule has 1 aromatic carbocycles. The summed E-state index contributed by atoms with van der Waals surface area (Å²) in [6.07, 6.45) is 3.54. The number of carbonyl (C=O) groups excluding carboxylic acids is 1. The van der Waals surface area contributed by atoms with Crippen molar-refractivity contribution < 1.29 is 13.9 Å². The standard InChI is InChI=1S/C18H17FN4O2/c1-11-3-6-14(13(19)9-11)25-17-8-7-15-20-16(10-23(15)21-17)22(2)18(24)12-4-5-12/h3,6-10,12H,4-5H2,1-2H3. The van der Waals surface area contributed by atoms with Gasteiger partial charge in [0.25, 0.3) is 0 Å². The second kappa shape index (κ2) is 5.84. The number of anilines is 1. The zero-order valence-corrected chi connectivity index (χ0v) is 13.9. The van der Waals surface area contributed by atoms with Crippen LogP contribution < -0.4 is 9.64 Å². The molecule has 0 saturated heterocycles. The van der Waals surface area contributed by atoms with E-state index >= 15 is 0 Å². The zero-order valence-electron chi connectivity index (χ0n) is 13.9. The van der Waals surface area contributed by atoms with Gasteiger partial charge < -0.3 is 4.74 Å². The maximum Gasteiger partial charge on any atom is 0.237 e. The lowest BCUT2D eigenvalue weighted by Crippen LogP contribution is -2.27. The number of nitrogens with zero attached hydrogens (tertiary/aromatic N) is 4. The Morgan fingerprint density at radius 2 is 2.12 bits per heavy atom. The van der Waals surface area contributed by atoms with Gasteiger partial charge in [0.15, 0.2) is 23.0 Å². The summed E-state index contributed by atoms with van der Waals surface area (Å²) in [7, 11) is 1.71. The second-order valence-corrected chi connectivity index (χ2v) is 6.28. The fourth-order valence-electron chi connectivity index (χ4n) is 2.59. The molecule has 0 unspecified atom stereocenters. The van der Waals surface area contributed by atoms with Crippen LogP contribution in [0.5, 0.6) is 11.6 Å². The molecule has 1 aliphatic carbocycles. The Labute approximate surface area is 143 Å². The molecule has 7 heteroatoms. The number of aryl methyl sites for hydroxylation is 1. The summed E-state index contributed by atoms with van der Waals surface area (Å²) in [5.41, 5.74) is 1.40. The highest BCUT2D eigenvalue weighted by Gasteiger charge is 2.33. The van der Waals surface area contributed by atoms with Gasteiger partial charge in [-0.05, 0) is 43.5 Å². The van der Waals surface area contributed by atoms with Gasteiger partial charge in [-0.1, -0.05) is 6.07 Å². The molecule has 3 aromatic rings. The summed E-state index contributed by atoms with van der Waals surface area (Å²) in [5.74, 6) is 0.632. The van der Waals surface area contributed by atoms with Crippen LogP contribution in [0, 0.1) is 18.7 Å². The molecule has 1 amide bonds. The van der Waals surface area contributed by atoms with Crippen LogP contribution in [0.4, 0.5) is 10.2 Å². The van der Waals surface area contributed by atoms with Crippen LogP contribution in [-0.4, -0.2) is 27.6 Å². The predicted octanol–water partition coefficient (Wildman–Crippen LogP) is 3.34. The highest BCUT2D eigenvalue weighted by Crippen LogP contribution is 2.32. The Bertz CT molecular complexity index is 965. The number of rotatable bonds is 4. The van der Waals surface area contributed by atoms with E-state index in [9.17, 15) is 9.18 Å². The largest absolute Gasteiger partial charge is 0.435 e. The van der Waals surface area contributed by atoms with Crippen molar-refractivity contribution in [3.63, 3.8) is 0 Å². The maximum atomic E-state index is 13.9. The molecule has 4 rings (SSSR count). The molecule has 2 heterocycles. The van der Waals surface area contributed by atoms with Crippen LogP contribution in [0.15, 0.2) is 36.5 Å². The lowest BCUT2D eigenvalue weighted by molar-refractivity contribution is -0.119. The molecule has 0 spiro atoms. The Kier molecular flexibility index (Phi) is 3.63. The van der Waals surface area contributed by atoms with Crippen LogP contribution in [0.1, 0.15) is 18.4 Å². The molecule has 25 heavy (non-hydrogen) atoms. The van der Waals surface area contributed by atoms with E-state index in [-0.39, 0.29) is 23.5 Å². The number of amides is 1. The number of ether oxygens (including phenoxy) is 1. The number of imidazole rings is 1. The number of aromatic nitrogens is 3. The fraction of sp³-hybridized carbons (Fsp3) is 0.278. The molecule has 6 nitrogen and oxygen atoms in total. The van der Waals surface area contributed by atoms with Crippen molar-refractivity contribution in [3.05, 3.63) is 47.9 Å². The molecule has 0 aliphatic heterocycles. The Morgan fingerprint density at radius 3 is 2.84 bits per heavy atom. The minimum absolute atomic E-state index is 0.0709. The average Bonchev–Trinajstić information content (AvgIpc) is 3.35. The minimum Gasteiger partial charge on any atom is -0.435 e. The van der Waals surface area contributed by atoms with Crippen molar-refractivity contribution in [3.8, 4) is 11.6 Å². The second-order valence-electron chi connectivity index (χ2n) is 6.28. The van der Waals surface area contributed by atoms with Gasteiger partial charge in [-0.25, -0.2) is 13.9 Å². The highest BCUT2D eigenvalue weighted by atomic mass is 19.1. The van der Waals surface area contributed by atoms with Crippen molar-refractivity contribution in [1.82, 2.24) is 14.6 Å². The molecule has 2 aromatic heterocycles. The summed E-state index contributed by atoms with van der Waals surface area (Å²) in [6.45, 7) is 1.81. The van der Waals surface area contributed by atoms with Crippen LogP contribution in [0.2, 0.25) is 0 Å². The van der Waals surface area contributed by atoms with E-state index in [0.717, 1.165) is 18.4 Å². The smallest absolute Gasteiger partial charge is 0.237 e. The topological polar surface area (TPSA) is 59.7 Å². The molecule has 1 fully saturated rings. The molecular weight excluding hydrogens is 323 g/mol. The number of fused-ring (bicyclic) bond motifs is 1. The number of benzene rings is 1. The number of carbonyl (C=O) groups is 1. The molecule has 0 N–H and O–H groups in total. The van der Waals surface area contributed by atoms with E-state index in [1.54, 1.807) is 42.4 Å². The lowest BCUT2D eigenvalue weighted by Gasteiger charge is -2.12. The Balaban J connectivity index is 1.60. The first-order chi connectivity index (χ1) is 12.0. The van der Waals surface area contributed by atoms with E-state index in [0.29, 0.717) is 11.5 Å². The molecule has 1 saturated carbocycles. The quantitative estimate of drug-likeness (QED) is 0.731. The third-order valence-corrected chi connectivity index (χ3v) is 4.19. The first-order valence-corrected chi connectivity index (χ1v) is 8.09. The Hall–Kier alpha value is -2.96. The zero-order chi connectivity index (χ0) is 17.6. The van der Waals surface area contributed by atoms with Crippen molar-refractivity contribution >= 4 is 17.4 Å². The summed E-state index contributed by atoms with van der Waals surface area (Å²) >= 11 is 0. The minimum atomic E-state index is -0.442. The normalized spacial score (nSPS) is 13.9.